The van der Waals surface area contributed by atoms with Crippen LogP contribution in [0.1, 0.15) is 40.0 Å². The molecule has 0 bridgehead atoms. The van der Waals surface area contributed by atoms with Crippen LogP contribution in [0.4, 0.5) is 0 Å². The molecule has 1 rings (SSSR count). The van der Waals surface area contributed by atoms with Crippen molar-refractivity contribution < 1.29 is 19.5 Å². The van der Waals surface area contributed by atoms with E-state index in [4.69, 9.17) is 9.94 Å². The van der Waals surface area contributed by atoms with Gasteiger partial charge in [0.25, 0.3) is 0 Å². The van der Waals surface area contributed by atoms with Crippen molar-refractivity contribution in [3.8, 4) is 0 Å². The van der Waals surface area contributed by atoms with E-state index in [1.807, 2.05) is 20.8 Å². The number of aliphatic carboxylic acids is 1. The molecule has 0 saturated heterocycles. The van der Waals surface area contributed by atoms with Gasteiger partial charge in [-0.3, -0.25) is 14.4 Å². The topological polar surface area (TPSA) is 75.6 Å². The van der Waals surface area contributed by atoms with E-state index in [9.17, 15) is 9.59 Å². The van der Waals surface area contributed by atoms with Crippen molar-refractivity contribution in [3.63, 3.8) is 0 Å². The number of rotatable bonds is 3. The predicted octanol–water partition coefficient (Wildman–Crippen LogP) is 1.33. The third-order valence-corrected chi connectivity index (χ3v) is 2.61. The van der Waals surface area contributed by atoms with Gasteiger partial charge in [0.05, 0.1) is 11.5 Å². The van der Waals surface area contributed by atoms with Gasteiger partial charge in [0.15, 0.2) is 0 Å². The molecule has 5 nitrogen and oxygen atoms in total. The van der Waals surface area contributed by atoms with Gasteiger partial charge in [-0.1, -0.05) is 0 Å². The SMILES string of the molecule is CC(C)(C)ONC(=O)[C@@H]1CC[C@H](C(=O)O)C1. The van der Waals surface area contributed by atoms with E-state index in [-0.39, 0.29) is 17.7 Å². The Morgan fingerprint density at radius 2 is 1.81 bits per heavy atom. The third-order valence-electron chi connectivity index (χ3n) is 2.61. The Hall–Kier alpha value is -1.10. The number of hydrogen-bond acceptors (Lipinski definition) is 3. The Balaban J connectivity index is 2.37. The summed E-state index contributed by atoms with van der Waals surface area (Å²) in [5.41, 5.74) is 1.96. The van der Waals surface area contributed by atoms with E-state index in [0.717, 1.165) is 0 Å². The molecule has 0 aromatic rings. The van der Waals surface area contributed by atoms with Gasteiger partial charge in [0.2, 0.25) is 5.91 Å². The summed E-state index contributed by atoms with van der Waals surface area (Å²) >= 11 is 0. The highest BCUT2D eigenvalue weighted by atomic mass is 16.7. The average Bonchev–Trinajstić information content (AvgIpc) is 2.61. The Bertz CT molecular complexity index is 282. The highest BCUT2D eigenvalue weighted by molar-refractivity contribution is 5.80. The summed E-state index contributed by atoms with van der Waals surface area (Å²) in [6.45, 7) is 5.51. The van der Waals surface area contributed by atoms with E-state index >= 15 is 0 Å². The van der Waals surface area contributed by atoms with Crippen molar-refractivity contribution in [1.29, 1.82) is 0 Å². The Kier molecular flexibility index (Phi) is 3.91. The van der Waals surface area contributed by atoms with Gasteiger partial charge in [0, 0.05) is 5.92 Å². The smallest absolute Gasteiger partial charge is 0.306 e. The Morgan fingerprint density at radius 1 is 1.25 bits per heavy atom. The van der Waals surface area contributed by atoms with Crippen molar-refractivity contribution in [2.75, 3.05) is 0 Å². The van der Waals surface area contributed by atoms with Crippen LogP contribution in [0, 0.1) is 11.8 Å². The molecule has 1 fully saturated rings. The van der Waals surface area contributed by atoms with Gasteiger partial charge in [-0.05, 0) is 40.0 Å². The first-order valence-corrected chi connectivity index (χ1v) is 5.50. The minimum atomic E-state index is -0.813. The number of nitrogens with one attached hydrogen (secondary N) is 1. The lowest BCUT2D eigenvalue weighted by atomic mass is 10.1. The van der Waals surface area contributed by atoms with Crippen LogP contribution in [0.3, 0.4) is 0 Å². The second-order valence-electron chi connectivity index (χ2n) is 5.23. The summed E-state index contributed by atoms with van der Waals surface area (Å²) < 4.78 is 0. The number of carbonyl (C=O) groups is 2. The molecule has 2 N–H and O–H groups in total. The standard InChI is InChI=1S/C11H19NO4/c1-11(2,3)16-12-9(13)7-4-5-8(6-7)10(14)15/h7-8H,4-6H2,1-3H3,(H,12,13)(H,14,15)/t7-,8+/m1/s1. The zero-order valence-electron chi connectivity index (χ0n) is 9.95. The van der Waals surface area contributed by atoms with Gasteiger partial charge < -0.3 is 5.11 Å². The molecule has 1 amide bonds. The summed E-state index contributed by atoms with van der Waals surface area (Å²) in [5, 5.41) is 8.81. The quantitative estimate of drug-likeness (QED) is 0.716. The van der Waals surface area contributed by atoms with Crippen molar-refractivity contribution >= 4 is 11.9 Å². The predicted molar refractivity (Wildman–Crippen MR) is 57.4 cm³/mol. The van der Waals surface area contributed by atoms with Gasteiger partial charge >= 0.3 is 5.97 Å². The number of hydrogen-bond donors (Lipinski definition) is 2. The fourth-order valence-electron chi connectivity index (χ4n) is 1.73. The van der Waals surface area contributed by atoms with Gasteiger partial charge in [0.1, 0.15) is 0 Å². The molecule has 16 heavy (non-hydrogen) atoms. The van der Waals surface area contributed by atoms with Crippen LogP contribution in [-0.2, 0) is 14.4 Å². The molecule has 1 saturated carbocycles. The number of amides is 1. The molecule has 2 atom stereocenters. The maximum atomic E-state index is 11.6. The Labute approximate surface area is 95.1 Å². The van der Waals surface area contributed by atoms with Crippen LogP contribution in [0.25, 0.3) is 0 Å². The van der Waals surface area contributed by atoms with Crippen LogP contribution < -0.4 is 5.48 Å². The largest absolute Gasteiger partial charge is 0.481 e. The molecule has 92 valence electrons. The summed E-state index contributed by atoms with van der Waals surface area (Å²) in [5.74, 6) is -1.64. The van der Waals surface area contributed by atoms with Crippen LogP contribution in [0.2, 0.25) is 0 Å². The third kappa shape index (κ3) is 3.81. The zero-order valence-corrected chi connectivity index (χ0v) is 9.95. The molecule has 5 heteroatoms. The number of carboxylic acid groups (broad SMARTS) is 1. The fourth-order valence-corrected chi connectivity index (χ4v) is 1.73. The normalized spacial score (nSPS) is 25.4. The van der Waals surface area contributed by atoms with Gasteiger partial charge in [-0.2, -0.15) is 0 Å². The summed E-state index contributed by atoms with van der Waals surface area (Å²) in [6, 6.07) is 0. The molecule has 0 heterocycles. The minimum absolute atomic E-state index is 0.210. The lowest BCUT2D eigenvalue weighted by molar-refractivity contribution is -0.149. The second-order valence-corrected chi connectivity index (χ2v) is 5.23. The van der Waals surface area contributed by atoms with E-state index in [0.29, 0.717) is 19.3 Å². The van der Waals surface area contributed by atoms with Gasteiger partial charge in [-0.15, -0.1) is 0 Å². The first-order chi connectivity index (χ1) is 7.29. The number of hydroxylamine groups is 1. The second kappa shape index (κ2) is 4.82. The molecule has 1 aliphatic rings. The lowest BCUT2D eigenvalue weighted by Gasteiger charge is -2.20. The summed E-state index contributed by atoms with van der Waals surface area (Å²) in [4.78, 5) is 27.5. The number of carboxylic acids is 1. The van der Waals surface area contributed by atoms with E-state index in [1.54, 1.807) is 0 Å². The average molecular weight is 229 g/mol. The molecule has 0 radical (unpaired) electrons. The minimum Gasteiger partial charge on any atom is -0.481 e. The van der Waals surface area contributed by atoms with Crippen molar-refractivity contribution in [2.24, 2.45) is 11.8 Å². The molecular weight excluding hydrogens is 210 g/mol. The first-order valence-electron chi connectivity index (χ1n) is 5.50. The highest BCUT2D eigenvalue weighted by Gasteiger charge is 2.34. The zero-order chi connectivity index (χ0) is 12.3. The molecule has 0 aliphatic heterocycles. The molecular formula is C11H19NO4. The molecule has 0 aromatic carbocycles. The number of carbonyl (C=O) groups excluding carboxylic acids is 1. The first kappa shape index (κ1) is 13.0. The summed E-state index contributed by atoms with van der Waals surface area (Å²) in [7, 11) is 0. The van der Waals surface area contributed by atoms with Crippen LogP contribution >= 0.6 is 0 Å². The maximum Gasteiger partial charge on any atom is 0.306 e. The Morgan fingerprint density at radius 3 is 2.25 bits per heavy atom. The van der Waals surface area contributed by atoms with Crippen molar-refractivity contribution in [3.05, 3.63) is 0 Å². The van der Waals surface area contributed by atoms with Crippen LogP contribution in [0.15, 0.2) is 0 Å². The highest BCUT2D eigenvalue weighted by Crippen LogP contribution is 2.31. The van der Waals surface area contributed by atoms with Crippen molar-refractivity contribution in [1.82, 2.24) is 5.48 Å². The lowest BCUT2D eigenvalue weighted by Crippen LogP contribution is -2.36. The molecule has 0 spiro atoms. The van der Waals surface area contributed by atoms with E-state index in [1.165, 1.54) is 0 Å². The maximum absolute atomic E-state index is 11.6. The van der Waals surface area contributed by atoms with Crippen LogP contribution in [-0.4, -0.2) is 22.6 Å². The fraction of sp³-hybridized carbons (Fsp3) is 0.818. The monoisotopic (exact) mass is 229 g/mol. The molecule has 1 aliphatic carbocycles. The molecule has 0 unspecified atom stereocenters. The summed E-state index contributed by atoms with van der Waals surface area (Å²) in [6.07, 6.45) is 1.61. The van der Waals surface area contributed by atoms with E-state index < -0.39 is 11.6 Å². The molecule has 0 aromatic heterocycles. The van der Waals surface area contributed by atoms with Crippen LogP contribution in [0.5, 0.6) is 0 Å². The van der Waals surface area contributed by atoms with Gasteiger partial charge in [-0.25, -0.2) is 5.48 Å². The van der Waals surface area contributed by atoms with Crippen molar-refractivity contribution in [2.45, 2.75) is 45.6 Å². The van der Waals surface area contributed by atoms with E-state index in [2.05, 4.69) is 5.48 Å².